The lowest BCUT2D eigenvalue weighted by atomic mass is 10.2. The zero-order valence-corrected chi connectivity index (χ0v) is 13.3. The minimum Gasteiger partial charge on any atom is -0.454 e. The van der Waals surface area contributed by atoms with Crippen LogP contribution in [0.4, 0.5) is 0 Å². The number of carbonyl (C=O) groups excluding carboxylic acids is 1. The van der Waals surface area contributed by atoms with Crippen LogP contribution in [-0.2, 0) is 11.3 Å². The van der Waals surface area contributed by atoms with Crippen LogP contribution in [0, 0.1) is 0 Å². The van der Waals surface area contributed by atoms with Gasteiger partial charge in [-0.2, -0.15) is 4.37 Å². The molecule has 0 radical (unpaired) electrons. The molecule has 0 aliphatic carbocycles. The molecule has 3 rings (SSSR count). The summed E-state index contributed by atoms with van der Waals surface area (Å²) in [5.74, 6) is -0.0567. The molecule has 1 aromatic carbocycles. The van der Waals surface area contributed by atoms with Crippen molar-refractivity contribution in [2.24, 2.45) is 0 Å². The van der Waals surface area contributed by atoms with Gasteiger partial charge in [0.15, 0.2) is 11.5 Å². The summed E-state index contributed by atoms with van der Waals surface area (Å²) in [5.41, 5.74) is 1.38. The molecule has 2 heterocycles. The van der Waals surface area contributed by atoms with Crippen LogP contribution in [0.5, 0.6) is 0 Å². The highest BCUT2D eigenvalue weighted by molar-refractivity contribution is 7.11. The molecular formula is C14H8Cl2N2O3S. The number of halogens is 2. The van der Waals surface area contributed by atoms with Crippen molar-refractivity contribution in [2.75, 3.05) is 0 Å². The standard InChI is InChI=1S/C14H8Cl2N2O3S/c15-11-12(18-22-13(11)16)14(19)20-7-9-6-10(21-17-9)8-4-2-1-3-5-8/h1-6H,7H2. The molecular weight excluding hydrogens is 347 g/mol. The zero-order chi connectivity index (χ0) is 15.5. The van der Waals surface area contributed by atoms with Gasteiger partial charge < -0.3 is 9.26 Å². The Labute approximate surface area is 139 Å². The number of rotatable bonds is 4. The fourth-order valence-electron chi connectivity index (χ4n) is 1.71. The number of nitrogens with zero attached hydrogens (tertiary/aromatic N) is 2. The van der Waals surface area contributed by atoms with Crippen molar-refractivity contribution in [1.29, 1.82) is 0 Å². The molecule has 0 atom stereocenters. The summed E-state index contributed by atoms with van der Waals surface area (Å²) < 4.78 is 14.4. The smallest absolute Gasteiger partial charge is 0.360 e. The van der Waals surface area contributed by atoms with Crippen LogP contribution in [0.2, 0.25) is 9.36 Å². The molecule has 0 saturated heterocycles. The number of carbonyl (C=O) groups is 1. The van der Waals surface area contributed by atoms with Crippen LogP contribution in [0.1, 0.15) is 16.2 Å². The van der Waals surface area contributed by atoms with E-state index in [-0.39, 0.29) is 21.7 Å². The molecule has 2 aromatic heterocycles. The van der Waals surface area contributed by atoms with Crippen molar-refractivity contribution in [1.82, 2.24) is 9.53 Å². The van der Waals surface area contributed by atoms with Crippen LogP contribution in [0.3, 0.4) is 0 Å². The highest BCUT2D eigenvalue weighted by Gasteiger charge is 2.19. The Bertz CT molecular complexity index is 802. The Morgan fingerprint density at radius 3 is 2.73 bits per heavy atom. The van der Waals surface area contributed by atoms with Gasteiger partial charge in [-0.05, 0) is 11.5 Å². The Balaban J connectivity index is 1.66. The van der Waals surface area contributed by atoms with E-state index in [1.807, 2.05) is 30.3 Å². The summed E-state index contributed by atoms with van der Waals surface area (Å²) in [4.78, 5) is 11.8. The fourth-order valence-corrected chi connectivity index (χ4v) is 2.69. The largest absolute Gasteiger partial charge is 0.454 e. The molecule has 22 heavy (non-hydrogen) atoms. The quantitative estimate of drug-likeness (QED) is 0.647. The van der Waals surface area contributed by atoms with Gasteiger partial charge in [0.05, 0.1) is 0 Å². The van der Waals surface area contributed by atoms with E-state index < -0.39 is 5.97 Å². The molecule has 0 fully saturated rings. The van der Waals surface area contributed by atoms with Crippen LogP contribution in [0.25, 0.3) is 11.3 Å². The molecule has 0 saturated carbocycles. The van der Waals surface area contributed by atoms with Gasteiger partial charge in [-0.3, -0.25) is 0 Å². The second kappa shape index (κ2) is 6.48. The summed E-state index contributed by atoms with van der Waals surface area (Å²) in [6.45, 7) is -0.0410. The van der Waals surface area contributed by atoms with Crippen molar-refractivity contribution in [3.05, 3.63) is 57.1 Å². The molecule has 0 N–H and O–H groups in total. The number of aromatic nitrogens is 2. The monoisotopic (exact) mass is 354 g/mol. The van der Waals surface area contributed by atoms with E-state index in [1.165, 1.54) is 0 Å². The van der Waals surface area contributed by atoms with Gasteiger partial charge in [0.2, 0.25) is 0 Å². The minimum atomic E-state index is -0.655. The molecule has 0 amide bonds. The van der Waals surface area contributed by atoms with E-state index in [0.717, 1.165) is 17.1 Å². The first-order chi connectivity index (χ1) is 10.6. The molecule has 8 heteroatoms. The molecule has 0 spiro atoms. The average molecular weight is 355 g/mol. The van der Waals surface area contributed by atoms with Crippen LogP contribution >= 0.6 is 34.7 Å². The molecule has 0 aliphatic rings. The van der Waals surface area contributed by atoms with Crippen LogP contribution in [-0.4, -0.2) is 15.5 Å². The van der Waals surface area contributed by atoms with Crippen molar-refractivity contribution in [2.45, 2.75) is 6.61 Å². The summed E-state index contributed by atoms with van der Waals surface area (Å²) >= 11 is 12.5. The van der Waals surface area contributed by atoms with Crippen molar-refractivity contribution in [3.8, 4) is 11.3 Å². The molecule has 0 aliphatic heterocycles. The number of ether oxygens (including phenoxy) is 1. The molecule has 112 valence electrons. The highest BCUT2D eigenvalue weighted by Crippen LogP contribution is 2.30. The van der Waals surface area contributed by atoms with Gasteiger partial charge in [-0.15, -0.1) is 0 Å². The van der Waals surface area contributed by atoms with Gasteiger partial charge >= 0.3 is 5.97 Å². The number of hydrogen-bond acceptors (Lipinski definition) is 6. The molecule has 0 bridgehead atoms. The van der Waals surface area contributed by atoms with E-state index >= 15 is 0 Å². The minimum absolute atomic E-state index is 0.00319. The van der Waals surface area contributed by atoms with Gasteiger partial charge in [-0.25, -0.2) is 4.79 Å². The fraction of sp³-hybridized carbons (Fsp3) is 0.0714. The second-order valence-corrected chi connectivity index (χ2v) is 6.00. The summed E-state index contributed by atoms with van der Waals surface area (Å²) in [7, 11) is 0. The van der Waals surface area contributed by atoms with Crippen molar-refractivity contribution >= 4 is 40.7 Å². The molecule has 0 unspecified atom stereocenters. The van der Waals surface area contributed by atoms with E-state index in [9.17, 15) is 4.79 Å². The summed E-state index contributed by atoms with van der Waals surface area (Å²) in [6.07, 6.45) is 0. The van der Waals surface area contributed by atoms with E-state index in [0.29, 0.717) is 11.5 Å². The maximum absolute atomic E-state index is 11.8. The highest BCUT2D eigenvalue weighted by atomic mass is 35.5. The Hall–Kier alpha value is -1.89. The lowest BCUT2D eigenvalue weighted by Gasteiger charge is -1.99. The number of esters is 1. The van der Waals surface area contributed by atoms with Gasteiger partial charge in [0, 0.05) is 11.6 Å². The third-order valence-corrected chi connectivity index (χ3v) is 4.37. The van der Waals surface area contributed by atoms with Crippen molar-refractivity contribution < 1.29 is 14.1 Å². The lowest BCUT2D eigenvalue weighted by molar-refractivity contribution is 0.0459. The normalized spacial score (nSPS) is 10.6. The van der Waals surface area contributed by atoms with Crippen LogP contribution < -0.4 is 0 Å². The van der Waals surface area contributed by atoms with Crippen LogP contribution in [0.15, 0.2) is 40.9 Å². The first kappa shape index (κ1) is 15.0. The first-order valence-corrected chi connectivity index (χ1v) is 7.67. The van der Waals surface area contributed by atoms with Gasteiger partial charge in [-0.1, -0.05) is 58.7 Å². The van der Waals surface area contributed by atoms with Crippen molar-refractivity contribution in [3.63, 3.8) is 0 Å². The third kappa shape index (κ3) is 3.14. The Kier molecular flexibility index (Phi) is 4.42. The predicted octanol–water partition coefficient (Wildman–Crippen LogP) is 4.46. The topological polar surface area (TPSA) is 65.2 Å². The lowest BCUT2D eigenvalue weighted by Crippen LogP contribution is -2.06. The third-order valence-electron chi connectivity index (χ3n) is 2.76. The Morgan fingerprint density at radius 1 is 1.27 bits per heavy atom. The second-order valence-electron chi connectivity index (χ2n) is 4.24. The van der Waals surface area contributed by atoms with E-state index in [4.69, 9.17) is 32.5 Å². The predicted molar refractivity (Wildman–Crippen MR) is 83.2 cm³/mol. The van der Waals surface area contributed by atoms with E-state index in [2.05, 4.69) is 9.53 Å². The van der Waals surface area contributed by atoms with E-state index in [1.54, 1.807) is 6.07 Å². The first-order valence-electron chi connectivity index (χ1n) is 6.14. The zero-order valence-electron chi connectivity index (χ0n) is 11.0. The average Bonchev–Trinajstić information content (AvgIpc) is 3.14. The summed E-state index contributed by atoms with van der Waals surface area (Å²) in [6, 6.07) is 11.2. The molecule has 5 nitrogen and oxygen atoms in total. The number of hydrogen-bond donors (Lipinski definition) is 0. The maximum Gasteiger partial charge on any atom is 0.360 e. The number of benzene rings is 1. The SMILES string of the molecule is O=C(OCc1cc(-c2ccccc2)on1)c1nsc(Cl)c1Cl. The molecule has 3 aromatic rings. The Morgan fingerprint density at radius 2 is 2.05 bits per heavy atom. The van der Waals surface area contributed by atoms with Gasteiger partial charge in [0.1, 0.15) is 21.7 Å². The van der Waals surface area contributed by atoms with Gasteiger partial charge in [0.25, 0.3) is 0 Å². The summed E-state index contributed by atoms with van der Waals surface area (Å²) in [5, 5.41) is 3.96. The maximum atomic E-state index is 11.8.